The molecule has 7 nitrogen and oxygen atoms in total. The fourth-order valence-corrected chi connectivity index (χ4v) is 3.91. The minimum Gasteiger partial charge on any atom is -0.436 e. The molecule has 0 amide bonds. The van der Waals surface area contributed by atoms with E-state index < -0.39 is 5.82 Å². The molecule has 0 unspecified atom stereocenters. The molecule has 1 saturated heterocycles. The van der Waals surface area contributed by atoms with Gasteiger partial charge in [-0.1, -0.05) is 0 Å². The molecule has 1 aliphatic rings. The molecule has 1 fully saturated rings. The summed E-state index contributed by atoms with van der Waals surface area (Å²) in [5, 5.41) is 3.75. The first-order valence-corrected chi connectivity index (χ1v) is 10.6. The Hall–Kier alpha value is -3.65. The highest BCUT2D eigenvalue weighted by atomic mass is 19.1. The Bertz CT molecular complexity index is 1230. The zero-order valence-corrected chi connectivity index (χ0v) is 18.1. The first-order valence-electron chi connectivity index (χ1n) is 10.6. The molecule has 5 rings (SSSR count). The Morgan fingerprint density at radius 1 is 1.00 bits per heavy atom. The van der Waals surface area contributed by atoms with Crippen LogP contribution in [0.4, 0.5) is 21.6 Å². The zero-order valence-electron chi connectivity index (χ0n) is 18.1. The number of anilines is 3. The van der Waals surface area contributed by atoms with E-state index in [1.807, 2.05) is 19.1 Å². The van der Waals surface area contributed by atoms with Gasteiger partial charge in [-0.2, -0.15) is 0 Å². The number of likely N-dealkylation sites (N-methyl/N-ethyl adjacent to an activating group) is 1. The molecule has 0 radical (unpaired) electrons. The normalized spacial score (nSPS) is 14.7. The van der Waals surface area contributed by atoms with Gasteiger partial charge < -0.3 is 24.8 Å². The number of hydrogen-bond donors (Lipinski definition) is 2. The van der Waals surface area contributed by atoms with Gasteiger partial charge in [0.15, 0.2) is 11.6 Å². The Morgan fingerprint density at radius 3 is 2.56 bits per heavy atom. The number of rotatable bonds is 5. The third-order valence-electron chi connectivity index (χ3n) is 5.70. The number of nitrogens with zero attached hydrogens (tertiary/aromatic N) is 4. The zero-order chi connectivity index (χ0) is 22.1. The van der Waals surface area contributed by atoms with Gasteiger partial charge in [-0.3, -0.25) is 0 Å². The van der Waals surface area contributed by atoms with E-state index in [2.05, 4.69) is 49.2 Å². The summed E-state index contributed by atoms with van der Waals surface area (Å²) in [7, 11) is 2.15. The molecule has 0 spiro atoms. The maximum absolute atomic E-state index is 14.8. The molecule has 1 aliphatic heterocycles. The van der Waals surface area contributed by atoms with Crippen LogP contribution in [0.2, 0.25) is 0 Å². The lowest BCUT2D eigenvalue weighted by molar-refractivity contribution is 0.313. The Labute approximate surface area is 185 Å². The lowest BCUT2D eigenvalue weighted by atomic mass is 10.2. The Morgan fingerprint density at radius 2 is 1.78 bits per heavy atom. The monoisotopic (exact) mass is 432 g/mol. The van der Waals surface area contributed by atoms with Crippen LogP contribution in [-0.2, 0) is 0 Å². The number of aromatic nitrogens is 3. The smallest absolute Gasteiger partial charge is 0.224 e. The summed E-state index contributed by atoms with van der Waals surface area (Å²) in [5.41, 5.74) is 3.74. The molecule has 8 heteroatoms. The first kappa shape index (κ1) is 20.3. The van der Waals surface area contributed by atoms with Crippen molar-refractivity contribution in [2.24, 2.45) is 0 Å². The number of hydrogen-bond acceptors (Lipinski definition) is 6. The summed E-state index contributed by atoms with van der Waals surface area (Å²) in [4.78, 5) is 16.2. The largest absolute Gasteiger partial charge is 0.436 e. The second kappa shape index (κ2) is 8.47. The van der Waals surface area contributed by atoms with E-state index in [1.54, 1.807) is 24.3 Å². The number of H-pyrrole nitrogens is 1. The molecule has 4 aromatic rings. The SMILES string of the molecule is Cc1cc2c(F)c(Oc3cc(Nc4ccc(N5CCN(C)CC5)cc4)ncn3)ccc2[nH]1. The summed E-state index contributed by atoms with van der Waals surface area (Å²) in [6.45, 7) is 6.09. The van der Waals surface area contributed by atoms with Crippen molar-refractivity contribution >= 4 is 28.1 Å². The van der Waals surface area contributed by atoms with Crippen molar-refractivity contribution in [2.75, 3.05) is 43.4 Å². The van der Waals surface area contributed by atoms with E-state index >= 15 is 0 Å². The van der Waals surface area contributed by atoms with E-state index in [0.717, 1.165) is 43.1 Å². The van der Waals surface area contributed by atoms with Crippen LogP contribution in [0.3, 0.4) is 0 Å². The molecule has 2 N–H and O–H groups in total. The predicted octanol–water partition coefficient (Wildman–Crippen LogP) is 4.69. The van der Waals surface area contributed by atoms with Crippen molar-refractivity contribution in [3.8, 4) is 11.6 Å². The van der Waals surface area contributed by atoms with E-state index in [0.29, 0.717) is 11.2 Å². The average molecular weight is 433 g/mol. The topological polar surface area (TPSA) is 69.3 Å². The summed E-state index contributed by atoms with van der Waals surface area (Å²) >= 11 is 0. The Kier molecular flexibility index (Phi) is 5.36. The van der Waals surface area contributed by atoms with Gasteiger partial charge in [0.05, 0.1) is 0 Å². The lowest BCUT2D eigenvalue weighted by Crippen LogP contribution is -2.44. The van der Waals surface area contributed by atoms with Crippen LogP contribution in [-0.4, -0.2) is 53.1 Å². The lowest BCUT2D eigenvalue weighted by Gasteiger charge is -2.34. The predicted molar refractivity (Wildman–Crippen MR) is 125 cm³/mol. The third-order valence-corrected chi connectivity index (χ3v) is 5.70. The molecule has 32 heavy (non-hydrogen) atoms. The van der Waals surface area contributed by atoms with Crippen LogP contribution in [0, 0.1) is 12.7 Å². The third kappa shape index (κ3) is 4.22. The number of benzene rings is 2. The van der Waals surface area contributed by atoms with E-state index in [1.165, 1.54) is 12.0 Å². The van der Waals surface area contributed by atoms with Gasteiger partial charge in [-0.15, -0.1) is 0 Å². The fourth-order valence-electron chi connectivity index (χ4n) is 3.91. The summed E-state index contributed by atoms with van der Waals surface area (Å²) in [6.07, 6.45) is 1.40. The fraction of sp³-hybridized carbons (Fsp3) is 0.250. The summed E-state index contributed by atoms with van der Waals surface area (Å²) in [6, 6.07) is 15.1. The highest BCUT2D eigenvalue weighted by molar-refractivity contribution is 5.82. The molecule has 2 aromatic carbocycles. The number of nitrogens with one attached hydrogen (secondary N) is 2. The van der Waals surface area contributed by atoms with Crippen molar-refractivity contribution < 1.29 is 9.13 Å². The van der Waals surface area contributed by atoms with E-state index in [4.69, 9.17) is 4.74 Å². The van der Waals surface area contributed by atoms with Crippen LogP contribution >= 0.6 is 0 Å². The molecule has 0 bridgehead atoms. The highest BCUT2D eigenvalue weighted by Crippen LogP contribution is 2.30. The highest BCUT2D eigenvalue weighted by Gasteiger charge is 2.15. The van der Waals surface area contributed by atoms with Crippen molar-refractivity contribution in [3.05, 3.63) is 66.4 Å². The van der Waals surface area contributed by atoms with E-state index in [9.17, 15) is 4.39 Å². The molecular formula is C24H25FN6O. The Balaban J connectivity index is 1.29. The molecular weight excluding hydrogens is 407 g/mol. The van der Waals surface area contributed by atoms with Crippen LogP contribution in [0.1, 0.15) is 5.69 Å². The van der Waals surface area contributed by atoms with Gasteiger partial charge in [-0.05, 0) is 56.4 Å². The summed E-state index contributed by atoms with van der Waals surface area (Å²) < 4.78 is 20.5. The van der Waals surface area contributed by atoms with Gasteiger partial charge in [0.25, 0.3) is 0 Å². The summed E-state index contributed by atoms with van der Waals surface area (Å²) in [5.74, 6) is 0.542. The van der Waals surface area contributed by atoms with Crippen molar-refractivity contribution in [3.63, 3.8) is 0 Å². The minimum absolute atomic E-state index is 0.123. The number of aryl methyl sites for hydroxylation is 1. The first-order chi connectivity index (χ1) is 15.5. The van der Waals surface area contributed by atoms with Crippen molar-refractivity contribution in [1.82, 2.24) is 19.9 Å². The van der Waals surface area contributed by atoms with Crippen molar-refractivity contribution in [1.29, 1.82) is 0 Å². The molecule has 2 aromatic heterocycles. The van der Waals surface area contributed by atoms with Gasteiger partial charge in [0, 0.05) is 60.2 Å². The van der Waals surface area contributed by atoms with Crippen molar-refractivity contribution in [2.45, 2.75) is 6.92 Å². The molecule has 3 heterocycles. The standard InChI is InChI=1S/C24H25FN6O/c1-16-13-19-20(28-16)7-8-21(24(19)25)32-23-14-22(26-15-27-23)29-17-3-5-18(6-4-17)31-11-9-30(2)10-12-31/h3-8,13-15,28H,9-12H2,1-2H3,(H,26,27,29). The number of piperazine rings is 1. The van der Waals surface area contributed by atoms with Crippen LogP contribution in [0.5, 0.6) is 11.6 Å². The van der Waals surface area contributed by atoms with Gasteiger partial charge >= 0.3 is 0 Å². The van der Waals surface area contributed by atoms with Gasteiger partial charge in [-0.25, -0.2) is 14.4 Å². The number of fused-ring (bicyclic) bond motifs is 1. The maximum atomic E-state index is 14.8. The van der Waals surface area contributed by atoms with Gasteiger partial charge in [0.2, 0.25) is 5.88 Å². The van der Waals surface area contributed by atoms with Crippen LogP contribution in [0.15, 0.2) is 54.9 Å². The molecule has 164 valence electrons. The number of ether oxygens (including phenoxy) is 1. The minimum atomic E-state index is -0.417. The molecule has 0 saturated carbocycles. The van der Waals surface area contributed by atoms with Gasteiger partial charge in [0.1, 0.15) is 12.1 Å². The quantitative estimate of drug-likeness (QED) is 0.477. The molecule has 0 atom stereocenters. The molecule has 0 aliphatic carbocycles. The van der Waals surface area contributed by atoms with E-state index in [-0.39, 0.29) is 11.6 Å². The number of halogens is 1. The van der Waals surface area contributed by atoms with Crippen LogP contribution in [0.25, 0.3) is 10.9 Å². The second-order valence-corrected chi connectivity index (χ2v) is 8.10. The maximum Gasteiger partial charge on any atom is 0.224 e. The average Bonchev–Trinajstić information content (AvgIpc) is 3.18. The van der Waals surface area contributed by atoms with Crippen LogP contribution < -0.4 is 15.0 Å². The number of aromatic amines is 1. The second-order valence-electron chi connectivity index (χ2n) is 8.10.